The largest absolute Gasteiger partial charge is 0.289 e. The average molecular weight is 491 g/mol. The second-order valence-corrected chi connectivity index (χ2v) is 10.3. The third-order valence-corrected chi connectivity index (χ3v) is 7.97. The summed E-state index contributed by atoms with van der Waals surface area (Å²) in [6, 6.07) is 10.9. The monoisotopic (exact) mass is 490 g/mol. The van der Waals surface area contributed by atoms with Crippen LogP contribution in [0.2, 0.25) is 5.02 Å². The van der Waals surface area contributed by atoms with Crippen LogP contribution in [0.5, 0.6) is 0 Å². The fraction of sp³-hybridized carbons (Fsp3) is 0.318. The topological polar surface area (TPSA) is 116 Å². The van der Waals surface area contributed by atoms with Crippen molar-refractivity contribution in [2.24, 2.45) is 0 Å². The minimum absolute atomic E-state index is 0.0463. The highest BCUT2D eigenvalue weighted by molar-refractivity contribution is 7.89. The van der Waals surface area contributed by atoms with Crippen LogP contribution in [0.1, 0.15) is 24.8 Å². The molecule has 2 heterocycles. The average Bonchev–Trinajstić information content (AvgIpc) is 3.38. The molecule has 0 radical (unpaired) electrons. The molecule has 4 rings (SSSR count). The standard InChI is InChI=1S/C22H23ClN4O5S/c1-14-5-2-3-6-18(14)27-20(28)13-17(22(27)30)24-25-21(29)19-7-4-12-26(19)33(31,32)16-10-8-15(23)9-11-16/h2-3,5-6,8-11,17,19,24H,4,7,12-13H2,1H3,(H,25,29). The first kappa shape index (κ1) is 23.4. The highest BCUT2D eigenvalue weighted by atomic mass is 35.5. The Bertz CT molecular complexity index is 1200. The van der Waals surface area contributed by atoms with Gasteiger partial charge in [-0.2, -0.15) is 4.31 Å². The zero-order chi connectivity index (χ0) is 23.8. The van der Waals surface area contributed by atoms with Gasteiger partial charge >= 0.3 is 0 Å². The number of rotatable bonds is 6. The van der Waals surface area contributed by atoms with E-state index in [4.69, 9.17) is 11.6 Å². The second-order valence-electron chi connectivity index (χ2n) is 7.97. The van der Waals surface area contributed by atoms with Gasteiger partial charge in [-0.05, 0) is 55.7 Å². The number of hydrogen-bond donors (Lipinski definition) is 2. The molecule has 0 bridgehead atoms. The van der Waals surface area contributed by atoms with Gasteiger partial charge in [-0.1, -0.05) is 29.8 Å². The summed E-state index contributed by atoms with van der Waals surface area (Å²) in [4.78, 5) is 39.3. The van der Waals surface area contributed by atoms with Crippen LogP contribution in [0.3, 0.4) is 0 Å². The molecule has 0 saturated carbocycles. The lowest BCUT2D eigenvalue weighted by Crippen LogP contribution is -2.54. The maximum absolute atomic E-state index is 13.0. The zero-order valence-electron chi connectivity index (χ0n) is 17.8. The molecular weight excluding hydrogens is 468 g/mol. The minimum Gasteiger partial charge on any atom is -0.289 e. The molecule has 0 spiro atoms. The summed E-state index contributed by atoms with van der Waals surface area (Å²) < 4.78 is 27.2. The maximum atomic E-state index is 13.0. The lowest BCUT2D eigenvalue weighted by Gasteiger charge is -2.24. The fourth-order valence-electron chi connectivity index (χ4n) is 4.09. The van der Waals surface area contributed by atoms with Crippen LogP contribution >= 0.6 is 11.6 Å². The summed E-state index contributed by atoms with van der Waals surface area (Å²) in [5.41, 5.74) is 6.35. The molecule has 174 valence electrons. The molecule has 2 aliphatic rings. The first-order valence-electron chi connectivity index (χ1n) is 10.5. The van der Waals surface area contributed by atoms with Gasteiger partial charge in [-0.15, -0.1) is 0 Å². The number of para-hydroxylation sites is 1. The Balaban J connectivity index is 1.43. The number of carbonyl (C=O) groups excluding carboxylic acids is 3. The van der Waals surface area contributed by atoms with Crippen molar-refractivity contribution in [2.45, 2.75) is 43.2 Å². The van der Waals surface area contributed by atoms with Crippen LogP contribution in [0.25, 0.3) is 0 Å². The van der Waals surface area contributed by atoms with Crippen LogP contribution in [0, 0.1) is 6.92 Å². The van der Waals surface area contributed by atoms with E-state index in [1.807, 2.05) is 6.07 Å². The number of nitrogens with zero attached hydrogens (tertiary/aromatic N) is 2. The van der Waals surface area contributed by atoms with Crippen molar-refractivity contribution in [1.29, 1.82) is 0 Å². The SMILES string of the molecule is Cc1ccccc1N1C(=O)CC(NNC(=O)C2CCCN2S(=O)(=O)c2ccc(Cl)cc2)C1=O. The number of imide groups is 1. The van der Waals surface area contributed by atoms with Crippen molar-refractivity contribution in [3.05, 3.63) is 59.1 Å². The Hall–Kier alpha value is -2.79. The van der Waals surface area contributed by atoms with Crippen LogP contribution in [0.15, 0.2) is 53.4 Å². The Morgan fingerprint density at radius 2 is 1.79 bits per heavy atom. The van der Waals surface area contributed by atoms with Crippen LogP contribution in [-0.2, 0) is 24.4 Å². The van der Waals surface area contributed by atoms with Gasteiger partial charge in [-0.25, -0.2) is 18.7 Å². The van der Waals surface area contributed by atoms with Crippen molar-refractivity contribution in [2.75, 3.05) is 11.4 Å². The number of sulfonamides is 1. The Morgan fingerprint density at radius 1 is 1.09 bits per heavy atom. The lowest BCUT2D eigenvalue weighted by molar-refractivity contribution is -0.126. The molecule has 2 unspecified atom stereocenters. The molecule has 2 atom stereocenters. The van der Waals surface area contributed by atoms with E-state index in [9.17, 15) is 22.8 Å². The molecule has 2 saturated heterocycles. The molecule has 2 aromatic rings. The normalized spacial score (nSPS) is 21.6. The molecular formula is C22H23ClN4O5S. The quantitative estimate of drug-likeness (QED) is 0.471. The molecule has 2 N–H and O–H groups in total. The summed E-state index contributed by atoms with van der Waals surface area (Å²) in [6.07, 6.45) is 0.741. The van der Waals surface area contributed by atoms with E-state index < -0.39 is 33.9 Å². The van der Waals surface area contributed by atoms with Crippen LogP contribution in [0.4, 0.5) is 5.69 Å². The van der Waals surface area contributed by atoms with Gasteiger partial charge in [0, 0.05) is 11.6 Å². The minimum atomic E-state index is -3.90. The molecule has 3 amide bonds. The van der Waals surface area contributed by atoms with Gasteiger partial charge in [0.15, 0.2) is 0 Å². The van der Waals surface area contributed by atoms with Gasteiger partial charge in [0.1, 0.15) is 12.1 Å². The predicted molar refractivity (Wildman–Crippen MR) is 122 cm³/mol. The van der Waals surface area contributed by atoms with Crippen molar-refractivity contribution in [3.63, 3.8) is 0 Å². The Labute approximate surface area is 196 Å². The summed E-state index contributed by atoms with van der Waals surface area (Å²) in [7, 11) is -3.90. The molecule has 2 fully saturated rings. The number of benzene rings is 2. The number of anilines is 1. The highest BCUT2D eigenvalue weighted by Crippen LogP contribution is 2.28. The molecule has 11 heteroatoms. The van der Waals surface area contributed by atoms with E-state index in [1.54, 1.807) is 25.1 Å². The number of halogens is 1. The number of hydrogen-bond acceptors (Lipinski definition) is 6. The number of aryl methyl sites for hydroxylation is 1. The molecule has 9 nitrogen and oxygen atoms in total. The van der Waals surface area contributed by atoms with Crippen molar-refractivity contribution in [3.8, 4) is 0 Å². The maximum Gasteiger partial charge on any atom is 0.253 e. The van der Waals surface area contributed by atoms with E-state index in [1.165, 1.54) is 24.3 Å². The third-order valence-electron chi connectivity index (χ3n) is 5.80. The van der Waals surface area contributed by atoms with Crippen molar-refractivity contribution >= 4 is 45.0 Å². The van der Waals surface area contributed by atoms with E-state index in [0.717, 1.165) is 14.8 Å². The number of nitrogens with one attached hydrogen (secondary N) is 2. The van der Waals surface area contributed by atoms with Gasteiger partial charge < -0.3 is 0 Å². The van der Waals surface area contributed by atoms with Crippen molar-refractivity contribution in [1.82, 2.24) is 15.2 Å². The summed E-state index contributed by atoms with van der Waals surface area (Å²) >= 11 is 5.85. The summed E-state index contributed by atoms with van der Waals surface area (Å²) in [6.45, 7) is 2.00. The van der Waals surface area contributed by atoms with E-state index in [2.05, 4.69) is 10.9 Å². The Morgan fingerprint density at radius 3 is 2.48 bits per heavy atom. The van der Waals surface area contributed by atoms with Gasteiger partial charge in [0.25, 0.3) is 11.8 Å². The Kier molecular flexibility index (Phi) is 6.53. The summed E-state index contributed by atoms with van der Waals surface area (Å²) in [5.74, 6) is -1.44. The van der Waals surface area contributed by atoms with Crippen LogP contribution < -0.4 is 15.8 Å². The lowest BCUT2D eigenvalue weighted by atomic mass is 10.2. The number of hydrazine groups is 1. The molecule has 2 aliphatic heterocycles. The van der Waals surface area contributed by atoms with Crippen LogP contribution in [-0.4, -0.2) is 49.1 Å². The zero-order valence-corrected chi connectivity index (χ0v) is 19.4. The molecule has 33 heavy (non-hydrogen) atoms. The highest BCUT2D eigenvalue weighted by Gasteiger charge is 2.42. The van der Waals surface area contributed by atoms with Gasteiger partial charge in [0.2, 0.25) is 15.9 Å². The second kappa shape index (κ2) is 9.22. The number of amides is 3. The smallest absolute Gasteiger partial charge is 0.253 e. The first-order chi connectivity index (χ1) is 15.7. The fourth-order valence-corrected chi connectivity index (χ4v) is 5.87. The van der Waals surface area contributed by atoms with Gasteiger partial charge in [0.05, 0.1) is 17.0 Å². The molecule has 0 aliphatic carbocycles. The molecule has 0 aromatic heterocycles. The first-order valence-corrected chi connectivity index (χ1v) is 12.3. The van der Waals surface area contributed by atoms with Crippen molar-refractivity contribution < 1.29 is 22.8 Å². The van der Waals surface area contributed by atoms with Gasteiger partial charge in [-0.3, -0.25) is 19.8 Å². The van der Waals surface area contributed by atoms with E-state index in [0.29, 0.717) is 23.6 Å². The van der Waals surface area contributed by atoms with E-state index >= 15 is 0 Å². The molecule has 2 aromatic carbocycles. The van der Waals surface area contributed by atoms with E-state index in [-0.39, 0.29) is 23.8 Å². The predicted octanol–water partition coefficient (Wildman–Crippen LogP) is 1.75. The third kappa shape index (κ3) is 4.51. The number of carbonyl (C=O) groups is 3. The summed E-state index contributed by atoms with van der Waals surface area (Å²) in [5, 5.41) is 0.407.